The van der Waals surface area contributed by atoms with Crippen LogP contribution in [0.15, 0.2) is 59.6 Å². The number of hydrogen-bond acceptors (Lipinski definition) is 2. The zero-order chi connectivity index (χ0) is 19.3. The zero-order valence-electron chi connectivity index (χ0n) is 16.3. The van der Waals surface area contributed by atoms with Gasteiger partial charge in [0, 0.05) is 13.2 Å². The maximum Gasteiger partial charge on any atom is 0.263 e. The molecule has 139 valence electrons. The van der Waals surface area contributed by atoms with Crippen LogP contribution in [0.4, 0.5) is 0 Å². The van der Waals surface area contributed by atoms with Crippen molar-refractivity contribution in [3.8, 4) is 0 Å². The summed E-state index contributed by atoms with van der Waals surface area (Å²) in [6.45, 7) is 8.39. The molecule has 0 amide bonds. The zero-order valence-corrected chi connectivity index (χ0v) is 18.1. The van der Waals surface area contributed by atoms with E-state index in [1.807, 2.05) is 25.3 Å². The van der Waals surface area contributed by atoms with Crippen LogP contribution < -0.4 is 0 Å². The Morgan fingerprint density at radius 3 is 1.85 bits per heavy atom. The van der Waals surface area contributed by atoms with Gasteiger partial charge < -0.3 is 0 Å². The van der Waals surface area contributed by atoms with E-state index in [1.54, 1.807) is 19.2 Å². The van der Waals surface area contributed by atoms with E-state index in [0.29, 0.717) is 4.90 Å². The van der Waals surface area contributed by atoms with E-state index < -0.39 is 18.8 Å². The Morgan fingerprint density at radius 1 is 0.923 bits per heavy atom. The lowest BCUT2D eigenvalue weighted by atomic mass is 10.1. The van der Waals surface area contributed by atoms with Crippen LogP contribution in [0.1, 0.15) is 30.5 Å². The van der Waals surface area contributed by atoms with Crippen LogP contribution in [0.25, 0.3) is 5.20 Å². The van der Waals surface area contributed by atoms with Crippen LogP contribution in [0.2, 0.25) is 12.1 Å². The topological polar surface area (TPSA) is 37.4 Å². The van der Waals surface area contributed by atoms with Gasteiger partial charge in [0.05, 0.1) is 13.7 Å². The van der Waals surface area contributed by atoms with Crippen molar-refractivity contribution in [1.29, 1.82) is 0 Å². The lowest BCUT2D eigenvalue weighted by Crippen LogP contribution is -2.24. The van der Waals surface area contributed by atoms with Crippen LogP contribution in [-0.4, -0.2) is 28.6 Å². The second kappa shape index (κ2) is 8.69. The molecule has 0 heterocycles. The molecule has 0 aromatic heterocycles. The summed E-state index contributed by atoms with van der Waals surface area (Å²) in [4.78, 5) is 0.326. The fraction of sp³-hybridized carbons (Fsp3) is 0.333. The lowest BCUT2D eigenvalue weighted by molar-refractivity contribution is 0.539. The third-order valence-corrected chi connectivity index (χ3v) is 9.22. The van der Waals surface area contributed by atoms with Gasteiger partial charge >= 0.3 is 0 Å². The van der Waals surface area contributed by atoms with Crippen molar-refractivity contribution in [2.45, 2.75) is 44.7 Å². The fourth-order valence-electron chi connectivity index (χ4n) is 2.86. The molecule has 3 nitrogen and oxygen atoms in total. The smallest absolute Gasteiger partial charge is 0.263 e. The standard InChI is InChI=1S/C21H28NO2SSi/c1-6-26(7-2)21(19-12-8-17(3)9-13-19)16-22(5)25(23,24)20-14-10-18(4)11-15-20/h8-16H,6-7H2,1-5H3/b21-16-. The molecule has 2 rings (SSSR count). The average Bonchev–Trinajstić information content (AvgIpc) is 2.62. The Bertz CT molecular complexity index is 852. The first kappa shape index (κ1) is 20.5. The van der Waals surface area contributed by atoms with Crippen LogP contribution in [0.5, 0.6) is 0 Å². The van der Waals surface area contributed by atoms with Crippen molar-refractivity contribution in [2.24, 2.45) is 0 Å². The molecule has 0 aliphatic rings. The fourth-order valence-corrected chi connectivity index (χ4v) is 6.22. The summed E-state index contributed by atoms with van der Waals surface area (Å²) in [6, 6.07) is 17.5. The molecular formula is C21H28NO2SSi. The Kier molecular flexibility index (Phi) is 6.84. The van der Waals surface area contributed by atoms with Gasteiger partial charge in [-0.3, -0.25) is 4.31 Å². The summed E-state index contributed by atoms with van der Waals surface area (Å²) < 4.78 is 27.3. The summed E-state index contributed by atoms with van der Waals surface area (Å²) in [5, 5.41) is 1.16. The number of benzene rings is 2. The molecular weight excluding hydrogens is 358 g/mol. The predicted octanol–water partition coefficient (Wildman–Crippen LogP) is 5.04. The highest BCUT2D eigenvalue weighted by Crippen LogP contribution is 2.25. The second-order valence-electron chi connectivity index (χ2n) is 6.55. The van der Waals surface area contributed by atoms with Gasteiger partial charge in [0.2, 0.25) is 0 Å². The van der Waals surface area contributed by atoms with Crippen molar-refractivity contribution >= 4 is 24.0 Å². The van der Waals surface area contributed by atoms with E-state index in [9.17, 15) is 8.42 Å². The minimum absolute atomic E-state index is 0.326. The summed E-state index contributed by atoms with van der Waals surface area (Å²) in [6.07, 6.45) is 1.83. The molecule has 26 heavy (non-hydrogen) atoms. The highest BCUT2D eigenvalue weighted by atomic mass is 32.2. The van der Waals surface area contributed by atoms with Crippen molar-refractivity contribution in [3.05, 3.63) is 71.4 Å². The second-order valence-corrected chi connectivity index (χ2v) is 11.7. The Morgan fingerprint density at radius 2 is 1.38 bits per heavy atom. The monoisotopic (exact) mass is 386 g/mol. The van der Waals surface area contributed by atoms with Gasteiger partial charge in [-0.05, 0) is 36.7 Å². The molecule has 2 aromatic rings. The van der Waals surface area contributed by atoms with E-state index in [4.69, 9.17) is 0 Å². The molecule has 2 aromatic carbocycles. The van der Waals surface area contributed by atoms with Crippen LogP contribution in [0, 0.1) is 13.8 Å². The highest BCUT2D eigenvalue weighted by molar-refractivity contribution is 7.89. The van der Waals surface area contributed by atoms with Gasteiger partial charge in [-0.2, -0.15) is 0 Å². The minimum Gasteiger partial charge on any atom is -0.277 e. The van der Waals surface area contributed by atoms with Gasteiger partial charge in [-0.1, -0.05) is 73.5 Å². The first-order chi connectivity index (χ1) is 12.3. The maximum absolute atomic E-state index is 13.0. The lowest BCUT2D eigenvalue weighted by Gasteiger charge is -2.21. The quantitative estimate of drug-likeness (QED) is 0.625. The predicted molar refractivity (Wildman–Crippen MR) is 112 cm³/mol. The third kappa shape index (κ3) is 4.65. The van der Waals surface area contributed by atoms with Crippen molar-refractivity contribution in [2.75, 3.05) is 7.05 Å². The van der Waals surface area contributed by atoms with Gasteiger partial charge in [0.25, 0.3) is 10.0 Å². The number of nitrogens with zero attached hydrogens (tertiary/aromatic N) is 1. The molecule has 1 radical (unpaired) electrons. The van der Waals surface area contributed by atoms with E-state index >= 15 is 0 Å². The Balaban J connectivity index is 2.47. The number of rotatable bonds is 7. The first-order valence-corrected chi connectivity index (χ1v) is 12.3. The molecule has 0 saturated heterocycles. The van der Waals surface area contributed by atoms with E-state index in [-0.39, 0.29) is 0 Å². The largest absolute Gasteiger partial charge is 0.277 e. The number of hydrogen-bond donors (Lipinski definition) is 0. The maximum atomic E-state index is 13.0. The molecule has 0 spiro atoms. The highest BCUT2D eigenvalue weighted by Gasteiger charge is 2.21. The van der Waals surface area contributed by atoms with Gasteiger partial charge in [-0.25, -0.2) is 8.42 Å². The summed E-state index contributed by atoms with van der Waals surface area (Å²) >= 11 is 0. The van der Waals surface area contributed by atoms with Gasteiger partial charge in [0.1, 0.15) is 0 Å². The van der Waals surface area contributed by atoms with Crippen molar-refractivity contribution < 1.29 is 8.42 Å². The van der Waals surface area contributed by atoms with E-state index in [0.717, 1.165) is 28.4 Å². The van der Waals surface area contributed by atoms with Gasteiger partial charge in [0.15, 0.2) is 0 Å². The average molecular weight is 387 g/mol. The summed E-state index contributed by atoms with van der Waals surface area (Å²) in [5.41, 5.74) is 3.37. The SMILES string of the molecule is CC[Si](CC)/C(=C\N(C)S(=O)(=O)c1ccc(C)cc1)c1ccc(C)cc1. The Hall–Kier alpha value is -1.85. The van der Waals surface area contributed by atoms with Crippen molar-refractivity contribution in [3.63, 3.8) is 0 Å². The van der Waals surface area contributed by atoms with Crippen LogP contribution >= 0.6 is 0 Å². The van der Waals surface area contributed by atoms with E-state index in [2.05, 4.69) is 45.0 Å². The number of sulfonamides is 1. The first-order valence-electron chi connectivity index (χ1n) is 8.98. The molecule has 0 fully saturated rings. The Labute approximate surface area is 160 Å². The van der Waals surface area contributed by atoms with Gasteiger partial charge in [-0.15, -0.1) is 0 Å². The van der Waals surface area contributed by atoms with Crippen LogP contribution in [0.3, 0.4) is 0 Å². The number of aryl methyl sites for hydroxylation is 2. The molecule has 0 aliphatic carbocycles. The molecule has 0 atom stereocenters. The van der Waals surface area contributed by atoms with E-state index in [1.165, 1.54) is 9.87 Å². The molecule has 0 bridgehead atoms. The molecule has 0 N–H and O–H groups in total. The summed E-state index contributed by atoms with van der Waals surface area (Å²) in [7, 11) is -2.72. The molecule has 0 saturated carbocycles. The minimum atomic E-state index is -3.54. The third-order valence-electron chi connectivity index (χ3n) is 4.61. The molecule has 0 aliphatic heterocycles. The van der Waals surface area contributed by atoms with Crippen molar-refractivity contribution in [1.82, 2.24) is 4.31 Å². The molecule has 0 unspecified atom stereocenters. The summed E-state index contributed by atoms with van der Waals surface area (Å²) in [5.74, 6) is 0. The molecule has 5 heteroatoms. The van der Waals surface area contributed by atoms with Crippen LogP contribution in [-0.2, 0) is 10.0 Å². The normalized spacial score (nSPS) is 12.5.